The molecule has 84 valence electrons. The van der Waals surface area contributed by atoms with Gasteiger partial charge in [0.15, 0.2) is 5.75 Å². The molecule has 0 aromatic heterocycles. The molecule has 0 bridgehead atoms. The summed E-state index contributed by atoms with van der Waals surface area (Å²) in [6.45, 7) is 0. The minimum Gasteiger partial charge on any atom is -0.404 e. The van der Waals surface area contributed by atoms with Gasteiger partial charge in [-0.3, -0.25) is 5.84 Å². The number of hydrazine groups is 1. The Balaban J connectivity index is 2.97. The molecule has 7 heteroatoms. The van der Waals surface area contributed by atoms with Crippen LogP contribution in [0.1, 0.15) is 0 Å². The number of halogens is 3. The quantitative estimate of drug-likeness (QED) is 0.482. The largest absolute Gasteiger partial charge is 0.573 e. The van der Waals surface area contributed by atoms with Gasteiger partial charge in [0, 0.05) is 4.90 Å². The van der Waals surface area contributed by atoms with Crippen LogP contribution in [0, 0.1) is 0 Å². The third-order valence-corrected chi connectivity index (χ3v) is 2.29. The Kier molecular flexibility index (Phi) is 3.70. The van der Waals surface area contributed by atoms with Crippen LogP contribution >= 0.6 is 11.8 Å². The van der Waals surface area contributed by atoms with Crippen molar-refractivity contribution in [2.75, 3.05) is 11.7 Å². The molecule has 0 aliphatic carbocycles. The lowest BCUT2D eigenvalue weighted by molar-refractivity contribution is -0.274. The second-order valence-electron chi connectivity index (χ2n) is 2.55. The van der Waals surface area contributed by atoms with Crippen LogP contribution in [0.15, 0.2) is 23.1 Å². The summed E-state index contributed by atoms with van der Waals surface area (Å²) in [6, 6.07) is 4.22. The molecule has 0 heterocycles. The van der Waals surface area contributed by atoms with Crippen molar-refractivity contribution in [2.45, 2.75) is 11.3 Å². The molecule has 0 aliphatic rings. The highest BCUT2D eigenvalue weighted by Gasteiger charge is 2.32. The summed E-state index contributed by atoms with van der Waals surface area (Å²) in [6.07, 6.45) is -2.91. The standard InChI is InChI=1S/C8H9F3N2OS/c1-15-5-2-3-7(6(4-5)13-12)14-8(9,10)11/h2-4,13H,12H2,1H3. The fourth-order valence-electron chi connectivity index (χ4n) is 0.963. The molecule has 15 heavy (non-hydrogen) atoms. The maximum Gasteiger partial charge on any atom is 0.573 e. The Labute approximate surface area is 88.8 Å². The van der Waals surface area contributed by atoms with Crippen LogP contribution in [0.5, 0.6) is 5.75 Å². The van der Waals surface area contributed by atoms with Crippen molar-refractivity contribution in [2.24, 2.45) is 5.84 Å². The van der Waals surface area contributed by atoms with Gasteiger partial charge in [0.05, 0.1) is 5.69 Å². The molecule has 0 atom stereocenters. The van der Waals surface area contributed by atoms with E-state index >= 15 is 0 Å². The second-order valence-corrected chi connectivity index (χ2v) is 3.43. The summed E-state index contributed by atoms with van der Waals surface area (Å²) in [5.74, 6) is 4.74. The number of alkyl halides is 3. The molecule has 0 aliphatic heterocycles. The predicted octanol–water partition coefficient (Wildman–Crippen LogP) is 2.59. The van der Waals surface area contributed by atoms with Crippen LogP contribution in [0.2, 0.25) is 0 Å². The van der Waals surface area contributed by atoms with Crippen LogP contribution in [0.25, 0.3) is 0 Å². The molecule has 0 saturated heterocycles. The lowest BCUT2D eigenvalue weighted by Gasteiger charge is -2.13. The zero-order valence-corrected chi connectivity index (χ0v) is 8.58. The van der Waals surface area contributed by atoms with E-state index in [4.69, 9.17) is 5.84 Å². The van der Waals surface area contributed by atoms with Crippen molar-refractivity contribution in [3.63, 3.8) is 0 Å². The van der Waals surface area contributed by atoms with E-state index < -0.39 is 6.36 Å². The Morgan fingerprint density at radius 2 is 2.07 bits per heavy atom. The van der Waals surface area contributed by atoms with E-state index in [1.54, 1.807) is 6.26 Å². The first-order chi connectivity index (χ1) is 6.96. The average Bonchev–Trinajstić information content (AvgIpc) is 2.16. The molecule has 0 radical (unpaired) electrons. The number of anilines is 1. The third-order valence-electron chi connectivity index (χ3n) is 1.57. The molecule has 0 fully saturated rings. The van der Waals surface area contributed by atoms with Crippen molar-refractivity contribution in [3.05, 3.63) is 18.2 Å². The third kappa shape index (κ3) is 3.52. The number of nitrogen functional groups attached to an aromatic ring is 1. The lowest BCUT2D eigenvalue weighted by Crippen LogP contribution is -2.19. The summed E-state index contributed by atoms with van der Waals surface area (Å²) < 4.78 is 39.6. The van der Waals surface area contributed by atoms with Gasteiger partial charge >= 0.3 is 6.36 Å². The summed E-state index contributed by atoms with van der Waals surface area (Å²) in [7, 11) is 0. The van der Waals surface area contributed by atoms with E-state index in [9.17, 15) is 13.2 Å². The van der Waals surface area contributed by atoms with E-state index in [2.05, 4.69) is 10.2 Å². The van der Waals surface area contributed by atoms with Gasteiger partial charge < -0.3 is 10.2 Å². The first-order valence-electron chi connectivity index (χ1n) is 3.86. The molecule has 0 amide bonds. The minimum atomic E-state index is -4.72. The van der Waals surface area contributed by atoms with E-state index in [1.807, 2.05) is 0 Å². The van der Waals surface area contributed by atoms with E-state index in [0.29, 0.717) is 0 Å². The van der Waals surface area contributed by atoms with Crippen molar-refractivity contribution in [3.8, 4) is 5.75 Å². The number of hydrogen-bond acceptors (Lipinski definition) is 4. The van der Waals surface area contributed by atoms with E-state index in [1.165, 1.54) is 30.0 Å². The maximum absolute atomic E-state index is 11.9. The Hall–Kier alpha value is -1.08. The number of benzene rings is 1. The number of rotatable bonds is 3. The smallest absolute Gasteiger partial charge is 0.404 e. The number of hydrogen-bond donors (Lipinski definition) is 2. The van der Waals surface area contributed by atoms with Crippen LogP contribution in [0.3, 0.4) is 0 Å². The predicted molar refractivity (Wildman–Crippen MR) is 52.7 cm³/mol. The van der Waals surface area contributed by atoms with Crippen molar-refractivity contribution < 1.29 is 17.9 Å². The van der Waals surface area contributed by atoms with Crippen molar-refractivity contribution in [1.29, 1.82) is 0 Å². The summed E-state index contributed by atoms with van der Waals surface area (Å²) >= 11 is 1.39. The average molecular weight is 238 g/mol. The number of ether oxygens (including phenoxy) is 1. The van der Waals surface area contributed by atoms with Gasteiger partial charge in [0.25, 0.3) is 0 Å². The van der Waals surface area contributed by atoms with Gasteiger partial charge in [-0.15, -0.1) is 24.9 Å². The van der Waals surface area contributed by atoms with Crippen molar-refractivity contribution in [1.82, 2.24) is 0 Å². The molecule has 0 spiro atoms. The van der Waals surface area contributed by atoms with E-state index in [-0.39, 0.29) is 11.4 Å². The Morgan fingerprint density at radius 3 is 2.53 bits per heavy atom. The molecule has 1 aromatic carbocycles. The minimum absolute atomic E-state index is 0.0965. The molecule has 1 aromatic rings. The van der Waals surface area contributed by atoms with Gasteiger partial charge in [-0.25, -0.2) is 0 Å². The first kappa shape index (κ1) is 12.0. The molecule has 3 N–H and O–H groups in total. The van der Waals surface area contributed by atoms with Gasteiger partial charge in [-0.2, -0.15) is 0 Å². The van der Waals surface area contributed by atoms with Crippen LogP contribution < -0.4 is 16.0 Å². The highest BCUT2D eigenvalue weighted by Crippen LogP contribution is 2.32. The topological polar surface area (TPSA) is 47.3 Å². The zero-order chi connectivity index (χ0) is 11.5. The normalized spacial score (nSPS) is 11.3. The highest BCUT2D eigenvalue weighted by molar-refractivity contribution is 7.98. The van der Waals surface area contributed by atoms with Crippen molar-refractivity contribution >= 4 is 17.4 Å². The Bertz CT molecular complexity index is 343. The number of nitrogens with two attached hydrogens (primary N) is 1. The summed E-state index contributed by atoms with van der Waals surface area (Å²) in [5.41, 5.74) is 2.25. The first-order valence-corrected chi connectivity index (χ1v) is 5.09. The SMILES string of the molecule is CSc1ccc(OC(F)(F)F)c(NN)c1. The van der Waals surface area contributed by atoms with Crippen LogP contribution in [-0.4, -0.2) is 12.6 Å². The van der Waals surface area contributed by atoms with Gasteiger partial charge in [-0.05, 0) is 24.5 Å². The zero-order valence-electron chi connectivity index (χ0n) is 7.76. The number of thioether (sulfide) groups is 1. The number of nitrogens with one attached hydrogen (secondary N) is 1. The molecule has 0 unspecified atom stereocenters. The van der Waals surface area contributed by atoms with Gasteiger partial charge in [-0.1, -0.05) is 0 Å². The molecule has 3 nitrogen and oxygen atoms in total. The fraction of sp³-hybridized carbons (Fsp3) is 0.250. The van der Waals surface area contributed by atoms with Gasteiger partial charge in [0.1, 0.15) is 0 Å². The molecular weight excluding hydrogens is 229 g/mol. The summed E-state index contributed by atoms with van der Waals surface area (Å²) in [5, 5.41) is 0. The second kappa shape index (κ2) is 4.63. The van der Waals surface area contributed by atoms with Crippen LogP contribution in [0.4, 0.5) is 18.9 Å². The molecular formula is C8H9F3N2OS. The highest BCUT2D eigenvalue weighted by atomic mass is 32.2. The Morgan fingerprint density at radius 1 is 1.40 bits per heavy atom. The van der Waals surface area contributed by atoms with Crippen LogP contribution in [-0.2, 0) is 0 Å². The molecule has 0 saturated carbocycles. The fourth-order valence-corrected chi connectivity index (χ4v) is 1.40. The maximum atomic E-state index is 11.9. The molecule has 1 rings (SSSR count). The lowest BCUT2D eigenvalue weighted by atomic mass is 10.3. The van der Waals surface area contributed by atoms with E-state index in [0.717, 1.165) is 4.90 Å². The monoisotopic (exact) mass is 238 g/mol. The van der Waals surface area contributed by atoms with Gasteiger partial charge in [0.2, 0.25) is 0 Å². The summed E-state index contributed by atoms with van der Waals surface area (Å²) in [4.78, 5) is 0.789.